The molecule has 1 N–H and O–H groups in total. The summed E-state index contributed by atoms with van der Waals surface area (Å²) in [7, 11) is -3.83. The fourth-order valence-corrected chi connectivity index (χ4v) is 5.23. The van der Waals surface area contributed by atoms with Crippen LogP contribution >= 0.6 is 11.3 Å². The number of piperazine rings is 1. The molecule has 2 heterocycles. The molecule has 6 nitrogen and oxygen atoms in total. The largest absolute Gasteiger partial charge is 0.336 e. The lowest BCUT2D eigenvalue weighted by molar-refractivity contribution is 0.0629. The van der Waals surface area contributed by atoms with Crippen LogP contribution in [0.3, 0.4) is 0 Å². The van der Waals surface area contributed by atoms with Crippen molar-refractivity contribution >= 4 is 33.0 Å². The maximum Gasteiger partial charge on any atom is 0.261 e. The Bertz CT molecular complexity index is 1120. The highest BCUT2D eigenvalue weighted by Gasteiger charge is 2.22. The molecule has 2 aromatic carbocycles. The molecule has 1 aliphatic heterocycles. The predicted octanol–water partition coefficient (Wildman–Crippen LogP) is 3.65. The van der Waals surface area contributed by atoms with Gasteiger partial charge in [0.15, 0.2) is 0 Å². The Balaban J connectivity index is 1.34. The Morgan fingerprint density at radius 1 is 0.968 bits per heavy atom. The van der Waals surface area contributed by atoms with E-state index in [2.05, 4.69) is 21.1 Å². The monoisotopic (exact) mass is 459 g/mol. The molecule has 162 valence electrons. The van der Waals surface area contributed by atoms with E-state index in [1.165, 1.54) is 17.0 Å². The Morgan fingerprint density at radius 2 is 1.65 bits per heavy atom. The van der Waals surface area contributed by atoms with E-state index in [0.717, 1.165) is 31.8 Å². The molecular weight excluding hydrogens is 437 g/mol. The van der Waals surface area contributed by atoms with Crippen molar-refractivity contribution < 1.29 is 17.6 Å². The van der Waals surface area contributed by atoms with Crippen molar-refractivity contribution in [3.05, 3.63) is 82.3 Å². The number of benzene rings is 2. The zero-order valence-electron chi connectivity index (χ0n) is 16.7. The highest BCUT2D eigenvalue weighted by molar-refractivity contribution is 7.92. The molecular formula is C22H22FN3O3S2. The zero-order valence-corrected chi connectivity index (χ0v) is 18.3. The summed E-state index contributed by atoms with van der Waals surface area (Å²) in [6.45, 7) is 3.85. The molecule has 1 aromatic heterocycles. The standard InChI is InChI=1S/C22H22FN3O3S2/c23-18-5-9-21(10-6-18)31(28,29)24-19-7-3-17(4-8-19)22(27)26-13-11-25(12-14-26)16-20-2-1-15-30-20/h1-10,15,24H,11-14,16H2. The lowest BCUT2D eigenvalue weighted by Gasteiger charge is -2.34. The summed E-state index contributed by atoms with van der Waals surface area (Å²) >= 11 is 1.74. The van der Waals surface area contributed by atoms with Crippen LogP contribution in [-0.2, 0) is 16.6 Å². The minimum Gasteiger partial charge on any atom is -0.336 e. The molecule has 9 heteroatoms. The Kier molecular flexibility index (Phi) is 6.35. The van der Waals surface area contributed by atoms with Crippen LogP contribution in [-0.4, -0.2) is 50.3 Å². The Hall–Kier alpha value is -2.75. The van der Waals surface area contributed by atoms with Gasteiger partial charge in [0.1, 0.15) is 5.82 Å². The second kappa shape index (κ2) is 9.17. The normalized spacial score (nSPS) is 15.1. The number of amides is 1. The average molecular weight is 460 g/mol. The van der Waals surface area contributed by atoms with E-state index in [4.69, 9.17) is 0 Å². The summed E-state index contributed by atoms with van der Waals surface area (Å²) in [5, 5.41) is 2.07. The van der Waals surface area contributed by atoms with Gasteiger partial charge in [0.05, 0.1) is 4.90 Å². The SMILES string of the molecule is O=C(c1ccc(NS(=O)(=O)c2ccc(F)cc2)cc1)N1CCN(Cc2cccs2)CC1. The molecule has 4 rings (SSSR count). The number of anilines is 1. The van der Waals surface area contributed by atoms with Crippen molar-refractivity contribution in [3.63, 3.8) is 0 Å². The first kappa shape index (κ1) is 21.5. The van der Waals surface area contributed by atoms with Gasteiger partial charge in [-0.15, -0.1) is 11.3 Å². The van der Waals surface area contributed by atoms with E-state index in [0.29, 0.717) is 24.3 Å². The van der Waals surface area contributed by atoms with Crippen LogP contribution in [0.25, 0.3) is 0 Å². The molecule has 0 spiro atoms. The first-order valence-corrected chi connectivity index (χ1v) is 12.2. The fourth-order valence-electron chi connectivity index (χ4n) is 3.42. The van der Waals surface area contributed by atoms with Gasteiger partial charge in [-0.1, -0.05) is 6.07 Å². The van der Waals surface area contributed by atoms with Crippen molar-refractivity contribution in [2.24, 2.45) is 0 Å². The summed E-state index contributed by atoms with van der Waals surface area (Å²) in [4.78, 5) is 18.3. The first-order chi connectivity index (χ1) is 14.9. The van der Waals surface area contributed by atoms with E-state index in [1.807, 2.05) is 11.0 Å². The number of halogens is 1. The number of carbonyl (C=O) groups excluding carboxylic acids is 1. The molecule has 1 saturated heterocycles. The highest BCUT2D eigenvalue weighted by atomic mass is 32.2. The molecule has 1 amide bonds. The van der Waals surface area contributed by atoms with Gasteiger partial charge in [-0.3, -0.25) is 14.4 Å². The number of thiophene rings is 1. The van der Waals surface area contributed by atoms with Gasteiger partial charge < -0.3 is 4.90 Å². The number of nitrogens with zero attached hydrogens (tertiary/aromatic N) is 2. The minimum atomic E-state index is -3.83. The van der Waals surface area contributed by atoms with Crippen LogP contribution in [0.2, 0.25) is 0 Å². The minimum absolute atomic E-state index is 0.0329. The third kappa shape index (κ3) is 5.30. The lowest BCUT2D eigenvalue weighted by Crippen LogP contribution is -2.48. The predicted molar refractivity (Wildman–Crippen MR) is 119 cm³/mol. The summed E-state index contributed by atoms with van der Waals surface area (Å²) in [6.07, 6.45) is 0. The molecule has 0 unspecified atom stereocenters. The van der Waals surface area contributed by atoms with Crippen LogP contribution in [0.15, 0.2) is 70.9 Å². The number of nitrogens with one attached hydrogen (secondary N) is 1. The second-order valence-electron chi connectivity index (χ2n) is 7.28. The van der Waals surface area contributed by atoms with E-state index in [1.54, 1.807) is 35.6 Å². The van der Waals surface area contributed by atoms with Gasteiger partial charge in [0, 0.05) is 48.9 Å². The first-order valence-electron chi connectivity index (χ1n) is 9.83. The van der Waals surface area contributed by atoms with Gasteiger partial charge in [-0.05, 0) is 60.0 Å². The van der Waals surface area contributed by atoms with Crippen molar-refractivity contribution in [1.82, 2.24) is 9.80 Å². The summed E-state index contributed by atoms with van der Waals surface area (Å²) < 4.78 is 40.3. The molecule has 0 saturated carbocycles. The second-order valence-corrected chi connectivity index (χ2v) is 10.00. The van der Waals surface area contributed by atoms with Crippen LogP contribution in [0.1, 0.15) is 15.2 Å². The van der Waals surface area contributed by atoms with Gasteiger partial charge in [0.25, 0.3) is 15.9 Å². The molecule has 0 bridgehead atoms. The molecule has 0 atom stereocenters. The van der Waals surface area contributed by atoms with E-state index >= 15 is 0 Å². The molecule has 0 radical (unpaired) electrons. The lowest BCUT2D eigenvalue weighted by atomic mass is 10.1. The number of sulfonamides is 1. The van der Waals surface area contributed by atoms with Crippen LogP contribution in [0.5, 0.6) is 0 Å². The van der Waals surface area contributed by atoms with Crippen molar-refractivity contribution in [2.75, 3.05) is 30.9 Å². The van der Waals surface area contributed by atoms with Gasteiger partial charge >= 0.3 is 0 Å². The van der Waals surface area contributed by atoms with E-state index < -0.39 is 15.8 Å². The number of hydrogen-bond donors (Lipinski definition) is 1. The Morgan fingerprint density at radius 3 is 2.26 bits per heavy atom. The number of rotatable bonds is 6. The summed E-state index contributed by atoms with van der Waals surface area (Å²) in [6, 6.07) is 15.1. The van der Waals surface area contributed by atoms with Gasteiger partial charge in [-0.25, -0.2) is 12.8 Å². The zero-order chi connectivity index (χ0) is 21.8. The van der Waals surface area contributed by atoms with Crippen LogP contribution < -0.4 is 4.72 Å². The smallest absolute Gasteiger partial charge is 0.261 e. The summed E-state index contributed by atoms with van der Waals surface area (Å²) in [5.74, 6) is -0.571. The van der Waals surface area contributed by atoms with Crippen molar-refractivity contribution in [3.8, 4) is 0 Å². The average Bonchev–Trinajstić information content (AvgIpc) is 3.27. The molecule has 1 fully saturated rings. The Labute approximate surface area is 185 Å². The third-order valence-corrected chi connectivity index (χ3v) is 7.39. The molecule has 31 heavy (non-hydrogen) atoms. The highest BCUT2D eigenvalue weighted by Crippen LogP contribution is 2.19. The molecule has 1 aliphatic rings. The fraction of sp³-hybridized carbons (Fsp3) is 0.227. The van der Waals surface area contributed by atoms with Crippen molar-refractivity contribution in [1.29, 1.82) is 0 Å². The maximum atomic E-state index is 13.0. The quantitative estimate of drug-likeness (QED) is 0.611. The summed E-state index contributed by atoms with van der Waals surface area (Å²) in [5.41, 5.74) is 0.845. The number of hydrogen-bond acceptors (Lipinski definition) is 5. The van der Waals surface area contributed by atoms with Crippen LogP contribution in [0, 0.1) is 5.82 Å². The topological polar surface area (TPSA) is 69.7 Å². The molecule has 3 aromatic rings. The van der Waals surface area contributed by atoms with E-state index in [-0.39, 0.29) is 10.8 Å². The van der Waals surface area contributed by atoms with Gasteiger partial charge in [0.2, 0.25) is 0 Å². The molecule has 0 aliphatic carbocycles. The maximum absolute atomic E-state index is 13.0. The number of carbonyl (C=O) groups is 1. The van der Waals surface area contributed by atoms with E-state index in [9.17, 15) is 17.6 Å². The van der Waals surface area contributed by atoms with Crippen LogP contribution in [0.4, 0.5) is 10.1 Å². The van der Waals surface area contributed by atoms with Crippen molar-refractivity contribution in [2.45, 2.75) is 11.4 Å². The van der Waals surface area contributed by atoms with Gasteiger partial charge in [-0.2, -0.15) is 0 Å². The third-order valence-electron chi connectivity index (χ3n) is 5.13.